The Morgan fingerprint density at radius 3 is 2.51 bits per heavy atom. The Balaban J connectivity index is 1.37. The third-order valence-electron chi connectivity index (χ3n) is 7.51. The maximum atomic E-state index is 13.1. The lowest BCUT2D eigenvalue weighted by Gasteiger charge is -2.32. The van der Waals surface area contributed by atoms with Crippen LogP contribution in [0.3, 0.4) is 0 Å². The zero-order chi connectivity index (χ0) is 26.1. The molecule has 2 aromatic heterocycles. The van der Waals surface area contributed by atoms with Crippen molar-refractivity contribution in [1.82, 2.24) is 29.9 Å². The number of thiophene rings is 1. The van der Waals surface area contributed by atoms with Gasteiger partial charge in [0.1, 0.15) is 16.9 Å². The number of nitrogens with zero attached hydrogens (tertiary/aromatic N) is 6. The number of hydrogen-bond donors (Lipinski definition) is 1. The lowest BCUT2D eigenvalue weighted by atomic mass is 9.99. The number of aryl methyl sites for hydroxylation is 3. The second-order valence-electron chi connectivity index (χ2n) is 10.3. The van der Waals surface area contributed by atoms with Crippen molar-refractivity contribution in [3.8, 4) is 5.00 Å². The highest BCUT2D eigenvalue weighted by Gasteiger charge is 2.32. The summed E-state index contributed by atoms with van der Waals surface area (Å²) in [5.74, 6) is 1.55. The van der Waals surface area contributed by atoms with Gasteiger partial charge in [-0.2, -0.15) is 0 Å². The molecule has 2 aliphatic rings. The molecule has 0 bridgehead atoms. The van der Waals surface area contributed by atoms with E-state index in [0.29, 0.717) is 6.54 Å². The number of fused-ring (bicyclic) bond motifs is 3. The fourth-order valence-electron chi connectivity index (χ4n) is 5.09. The maximum Gasteiger partial charge on any atom is 0.222 e. The van der Waals surface area contributed by atoms with E-state index >= 15 is 0 Å². The molecule has 0 spiro atoms. The summed E-state index contributed by atoms with van der Waals surface area (Å²) >= 11 is 1.74. The van der Waals surface area contributed by atoms with Crippen molar-refractivity contribution in [2.24, 2.45) is 4.99 Å². The Morgan fingerprint density at radius 2 is 1.78 bits per heavy atom. The number of hydrogen-bond acceptors (Lipinski definition) is 7. The van der Waals surface area contributed by atoms with E-state index in [4.69, 9.17) is 4.99 Å². The molecule has 3 aromatic rings. The Bertz CT molecular complexity index is 1300. The highest BCUT2D eigenvalue weighted by molar-refractivity contribution is 7.15. The van der Waals surface area contributed by atoms with Gasteiger partial charge in [0.25, 0.3) is 0 Å². The van der Waals surface area contributed by atoms with Gasteiger partial charge in [0, 0.05) is 48.7 Å². The molecule has 0 saturated carbocycles. The number of carbonyl (C=O) groups is 1. The Kier molecular flexibility index (Phi) is 7.55. The summed E-state index contributed by atoms with van der Waals surface area (Å²) in [4.78, 5) is 24.4. The molecule has 0 aliphatic carbocycles. The Labute approximate surface area is 223 Å². The van der Waals surface area contributed by atoms with Crippen LogP contribution in [0.15, 0.2) is 29.3 Å². The van der Waals surface area contributed by atoms with Crippen LogP contribution in [0.1, 0.15) is 57.7 Å². The zero-order valence-corrected chi connectivity index (χ0v) is 23.4. The topological polar surface area (TPSA) is 78.7 Å². The first-order chi connectivity index (χ1) is 17.8. The van der Waals surface area contributed by atoms with E-state index in [1.165, 1.54) is 16.0 Å². The van der Waals surface area contributed by atoms with E-state index in [1.807, 2.05) is 6.92 Å². The SMILES string of the molecule is Cc1ccc(C2=NC(CC(=O)NCCCN3CCN(C)CC3)c3nnc(C)n3-c3sc(C)c(C)c32)cc1. The molecule has 1 unspecified atom stereocenters. The number of rotatable bonds is 7. The van der Waals surface area contributed by atoms with Crippen molar-refractivity contribution < 1.29 is 4.79 Å². The van der Waals surface area contributed by atoms with Crippen LogP contribution in [-0.4, -0.2) is 82.5 Å². The molecule has 2 aliphatic heterocycles. The molecule has 196 valence electrons. The Hall–Kier alpha value is -2.88. The standard InChI is InChI=1S/C28H37N7OS/c1-18-7-9-22(10-8-18)26-25-19(2)20(3)37-28(25)35-21(4)31-32-27(35)23(30-26)17-24(36)29-11-6-12-34-15-13-33(5)14-16-34/h7-10,23H,6,11-17H2,1-5H3,(H,29,36). The summed E-state index contributed by atoms with van der Waals surface area (Å²) in [6, 6.07) is 8.07. The fraction of sp³-hybridized carbons (Fsp3) is 0.500. The van der Waals surface area contributed by atoms with Gasteiger partial charge in [-0.25, -0.2) is 0 Å². The van der Waals surface area contributed by atoms with Gasteiger partial charge in [-0.3, -0.25) is 14.4 Å². The van der Waals surface area contributed by atoms with Crippen LogP contribution in [0.4, 0.5) is 0 Å². The molecule has 1 fully saturated rings. The minimum absolute atomic E-state index is 0.000689. The predicted octanol–water partition coefficient (Wildman–Crippen LogP) is 3.60. The van der Waals surface area contributed by atoms with Gasteiger partial charge in [0.05, 0.1) is 12.1 Å². The predicted molar refractivity (Wildman–Crippen MR) is 149 cm³/mol. The van der Waals surface area contributed by atoms with Crippen LogP contribution in [0, 0.1) is 27.7 Å². The van der Waals surface area contributed by atoms with Crippen LogP contribution in [-0.2, 0) is 4.79 Å². The molecule has 1 saturated heterocycles. The molecular formula is C28H37N7OS. The fourth-order valence-corrected chi connectivity index (χ4v) is 6.30. The molecule has 8 nitrogen and oxygen atoms in total. The number of likely N-dealkylation sites (N-methyl/N-ethyl adjacent to an activating group) is 1. The number of aromatic nitrogens is 3. The number of benzene rings is 1. The van der Waals surface area contributed by atoms with Crippen LogP contribution in [0.5, 0.6) is 0 Å². The smallest absolute Gasteiger partial charge is 0.222 e. The molecule has 9 heteroatoms. The molecule has 37 heavy (non-hydrogen) atoms. The highest BCUT2D eigenvalue weighted by atomic mass is 32.1. The normalized spacial score (nSPS) is 18.2. The zero-order valence-electron chi connectivity index (χ0n) is 22.5. The second kappa shape index (κ2) is 10.8. The minimum atomic E-state index is -0.408. The molecule has 0 radical (unpaired) electrons. The van der Waals surface area contributed by atoms with Crippen molar-refractivity contribution in [3.05, 3.63) is 63.0 Å². The van der Waals surface area contributed by atoms with Gasteiger partial charge in [-0.05, 0) is 53.3 Å². The van der Waals surface area contributed by atoms with Crippen molar-refractivity contribution in [2.75, 3.05) is 46.3 Å². The summed E-state index contributed by atoms with van der Waals surface area (Å²) in [6.07, 6.45) is 1.19. The first-order valence-electron chi connectivity index (χ1n) is 13.2. The first-order valence-corrected chi connectivity index (χ1v) is 14.0. The van der Waals surface area contributed by atoms with Crippen LogP contribution in [0.2, 0.25) is 0 Å². The van der Waals surface area contributed by atoms with E-state index in [9.17, 15) is 4.79 Å². The van der Waals surface area contributed by atoms with Crippen molar-refractivity contribution in [1.29, 1.82) is 0 Å². The largest absolute Gasteiger partial charge is 0.356 e. The number of carbonyl (C=O) groups excluding carboxylic acids is 1. The average Bonchev–Trinajstić information content (AvgIpc) is 3.35. The number of piperazine rings is 1. The van der Waals surface area contributed by atoms with E-state index in [2.05, 4.69) is 82.0 Å². The van der Waals surface area contributed by atoms with Crippen molar-refractivity contribution in [2.45, 2.75) is 46.6 Å². The molecule has 1 N–H and O–H groups in total. The Morgan fingerprint density at radius 1 is 1.05 bits per heavy atom. The van der Waals surface area contributed by atoms with Crippen LogP contribution in [0.25, 0.3) is 5.00 Å². The van der Waals surface area contributed by atoms with Crippen LogP contribution < -0.4 is 5.32 Å². The van der Waals surface area contributed by atoms with Gasteiger partial charge in [0.2, 0.25) is 5.91 Å². The van der Waals surface area contributed by atoms with Gasteiger partial charge >= 0.3 is 0 Å². The summed E-state index contributed by atoms with van der Waals surface area (Å²) < 4.78 is 2.11. The van der Waals surface area contributed by atoms with E-state index < -0.39 is 6.04 Å². The number of nitrogens with one attached hydrogen (secondary N) is 1. The lowest BCUT2D eigenvalue weighted by molar-refractivity contribution is -0.121. The minimum Gasteiger partial charge on any atom is -0.356 e. The molecular weight excluding hydrogens is 482 g/mol. The van der Waals surface area contributed by atoms with Gasteiger partial charge in [-0.15, -0.1) is 21.5 Å². The summed E-state index contributed by atoms with van der Waals surface area (Å²) in [5, 5.41) is 13.1. The summed E-state index contributed by atoms with van der Waals surface area (Å²) in [6.45, 7) is 14.5. The van der Waals surface area contributed by atoms with Crippen LogP contribution >= 0.6 is 11.3 Å². The van der Waals surface area contributed by atoms with Crippen molar-refractivity contribution in [3.63, 3.8) is 0 Å². The third-order valence-corrected chi connectivity index (χ3v) is 8.70. The second-order valence-corrected chi connectivity index (χ2v) is 11.5. The average molecular weight is 520 g/mol. The molecule has 4 heterocycles. The monoisotopic (exact) mass is 519 g/mol. The quantitative estimate of drug-likeness (QED) is 0.483. The van der Waals surface area contributed by atoms with Gasteiger partial charge in [0.15, 0.2) is 5.82 Å². The van der Waals surface area contributed by atoms with Gasteiger partial charge < -0.3 is 15.1 Å². The molecule has 1 atom stereocenters. The first kappa shape index (κ1) is 25.8. The highest BCUT2D eigenvalue weighted by Crippen LogP contribution is 2.39. The van der Waals surface area contributed by atoms with E-state index in [0.717, 1.165) is 72.6 Å². The third kappa shape index (κ3) is 5.39. The number of amides is 1. The van der Waals surface area contributed by atoms with Gasteiger partial charge in [-0.1, -0.05) is 29.8 Å². The lowest BCUT2D eigenvalue weighted by Crippen LogP contribution is -2.45. The van der Waals surface area contributed by atoms with Crippen molar-refractivity contribution >= 4 is 23.0 Å². The van der Waals surface area contributed by atoms with E-state index in [1.54, 1.807) is 11.3 Å². The summed E-state index contributed by atoms with van der Waals surface area (Å²) in [5.41, 5.74) is 5.52. The maximum absolute atomic E-state index is 13.1. The molecule has 5 rings (SSSR count). The molecule has 1 aromatic carbocycles. The summed E-state index contributed by atoms with van der Waals surface area (Å²) in [7, 11) is 2.17. The number of aliphatic imine (C=N–C) groups is 1. The van der Waals surface area contributed by atoms with E-state index in [-0.39, 0.29) is 12.3 Å². The molecule has 1 amide bonds.